The first-order chi connectivity index (χ1) is 7.74. The lowest BCUT2D eigenvalue weighted by atomic mass is 10.1. The zero-order valence-corrected chi connectivity index (χ0v) is 11.1. The van der Waals surface area contributed by atoms with E-state index in [9.17, 15) is 4.79 Å². The number of carbonyl (C=O) groups excluding carboxylic acids is 1. The Bertz CT molecular complexity index is 287. The molecule has 0 fully saturated rings. The van der Waals surface area contributed by atoms with Crippen LogP contribution in [-0.4, -0.2) is 29.2 Å². The lowest BCUT2D eigenvalue weighted by Gasteiger charge is -2.23. The maximum absolute atomic E-state index is 11.0. The molecule has 1 aliphatic rings. The van der Waals surface area contributed by atoms with Gasteiger partial charge in [0.25, 0.3) is 0 Å². The minimum atomic E-state index is -0.311. The lowest BCUT2D eigenvalue weighted by Crippen LogP contribution is -2.29. The van der Waals surface area contributed by atoms with Gasteiger partial charge in [0.05, 0.1) is 0 Å². The SMILES string of the molecule is NC(=O)C1=CC=CN(CCCCCCBr)C1. The molecule has 0 saturated carbocycles. The molecule has 0 saturated heterocycles. The van der Waals surface area contributed by atoms with Crippen LogP contribution in [0.25, 0.3) is 0 Å². The van der Waals surface area contributed by atoms with E-state index in [0.29, 0.717) is 12.1 Å². The average Bonchev–Trinajstić information content (AvgIpc) is 2.29. The number of rotatable bonds is 7. The quantitative estimate of drug-likeness (QED) is 0.576. The molecule has 0 spiro atoms. The van der Waals surface area contributed by atoms with Crippen molar-refractivity contribution in [2.24, 2.45) is 5.73 Å². The second kappa shape index (κ2) is 7.49. The summed E-state index contributed by atoms with van der Waals surface area (Å²) < 4.78 is 0. The molecule has 2 N–H and O–H groups in total. The van der Waals surface area contributed by atoms with Crippen LogP contribution >= 0.6 is 15.9 Å². The molecule has 0 aromatic carbocycles. The third-order valence-corrected chi connectivity index (χ3v) is 3.17. The summed E-state index contributed by atoms with van der Waals surface area (Å²) in [6, 6.07) is 0. The van der Waals surface area contributed by atoms with Gasteiger partial charge in [-0.15, -0.1) is 0 Å². The Kier molecular flexibility index (Phi) is 6.23. The van der Waals surface area contributed by atoms with Gasteiger partial charge in [-0.05, 0) is 25.1 Å². The summed E-state index contributed by atoms with van der Waals surface area (Å²) in [6.45, 7) is 1.66. The van der Waals surface area contributed by atoms with Gasteiger partial charge in [0.2, 0.25) is 5.91 Å². The van der Waals surface area contributed by atoms with Crippen LogP contribution in [-0.2, 0) is 4.79 Å². The third-order valence-electron chi connectivity index (χ3n) is 2.61. The van der Waals surface area contributed by atoms with Crippen LogP contribution in [0.2, 0.25) is 0 Å². The van der Waals surface area contributed by atoms with Crippen molar-refractivity contribution in [3.05, 3.63) is 23.9 Å². The molecule has 0 bridgehead atoms. The lowest BCUT2D eigenvalue weighted by molar-refractivity contribution is -0.114. The van der Waals surface area contributed by atoms with Crippen LogP contribution in [0.15, 0.2) is 23.9 Å². The van der Waals surface area contributed by atoms with Gasteiger partial charge in [-0.1, -0.05) is 34.8 Å². The zero-order valence-electron chi connectivity index (χ0n) is 9.49. The molecule has 0 aromatic heterocycles. The third kappa shape index (κ3) is 4.84. The molecule has 1 heterocycles. The molecule has 1 rings (SSSR count). The molecule has 3 nitrogen and oxygen atoms in total. The number of hydrogen-bond acceptors (Lipinski definition) is 2. The monoisotopic (exact) mass is 286 g/mol. The van der Waals surface area contributed by atoms with Crippen LogP contribution < -0.4 is 5.73 Å². The highest BCUT2D eigenvalue weighted by atomic mass is 79.9. The second-order valence-corrected chi connectivity index (χ2v) is 4.76. The van der Waals surface area contributed by atoms with Crippen LogP contribution in [0, 0.1) is 0 Å². The average molecular weight is 287 g/mol. The highest BCUT2D eigenvalue weighted by molar-refractivity contribution is 9.09. The van der Waals surface area contributed by atoms with Crippen molar-refractivity contribution in [2.45, 2.75) is 25.7 Å². The van der Waals surface area contributed by atoms with E-state index >= 15 is 0 Å². The van der Waals surface area contributed by atoms with Gasteiger partial charge in [0.1, 0.15) is 0 Å². The topological polar surface area (TPSA) is 46.3 Å². The van der Waals surface area contributed by atoms with Crippen molar-refractivity contribution in [3.63, 3.8) is 0 Å². The molecule has 0 aromatic rings. The summed E-state index contributed by atoms with van der Waals surface area (Å²) in [5.41, 5.74) is 5.95. The zero-order chi connectivity index (χ0) is 11.8. The maximum Gasteiger partial charge on any atom is 0.246 e. The van der Waals surface area contributed by atoms with Gasteiger partial charge in [0, 0.05) is 24.0 Å². The van der Waals surface area contributed by atoms with Crippen molar-refractivity contribution in [3.8, 4) is 0 Å². The molecular weight excluding hydrogens is 268 g/mol. The molecule has 16 heavy (non-hydrogen) atoms. The maximum atomic E-state index is 11.0. The van der Waals surface area contributed by atoms with Gasteiger partial charge in [-0.3, -0.25) is 4.79 Å². The minimum Gasteiger partial charge on any atom is -0.373 e. The number of amides is 1. The number of nitrogens with zero attached hydrogens (tertiary/aromatic N) is 1. The molecule has 1 amide bonds. The van der Waals surface area contributed by atoms with Crippen molar-refractivity contribution in [1.29, 1.82) is 0 Å². The summed E-state index contributed by atoms with van der Waals surface area (Å²) in [5.74, 6) is -0.311. The van der Waals surface area contributed by atoms with Crippen molar-refractivity contribution in [1.82, 2.24) is 4.90 Å². The van der Waals surface area contributed by atoms with Crippen LogP contribution in [0.4, 0.5) is 0 Å². The van der Waals surface area contributed by atoms with Gasteiger partial charge in [-0.2, -0.15) is 0 Å². The summed E-state index contributed by atoms with van der Waals surface area (Å²) in [6.07, 6.45) is 10.6. The van der Waals surface area contributed by atoms with Crippen molar-refractivity contribution < 1.29 is 4.79 Å². The Morgan fingerprint density at radius 1 is 1.38 bits per heavy atom. The predicted molar refractivity (Wildman–Crippen MR) is 70.3 cm³/mol. The van der Waals surface area contributed by atoms with E-state index in [4.69, 9.17) is 5.73 Å². The molecule has 0 aliphatic carbocycles. The number of allylic oxidation sites excluding steroid dienone is 2. The predicted octanol–water partition coefficient (Wildman–Crippen LogP) is 2.18. The minimum absolute atomic E-state index is 0.311. The Morgan fingerprint density at radius 3 is 2.81 bits per heavy atom. The van der Waals surface area contributed by atoms with E-state index in [-0.39, 0.29) is 5.91 Å². The van der Waals surface area contributed by atoms with E-state index in [1.165, 1.54) is 25.7 Å². The molecule has 4 heteroatoms. The summed E-state index contributed by atoms with van der Waals surface area (Å²) in [5, 5.41) is 1.09. The Balaban J connectivity index is 2.18. The van der Waals surface area contributed by atoms with Gasteiger partial charge >= 0.3 is 0 Å². The summed E-state index contributed by atoms with van der Waals surface area (Å²) >= 11 is 3.42. The highest BCUT2D eigenvalue weighted by Crippen LogP contribution is 2.09. The van der Waals surface area contributed by atoms with Gasteiger partial charge < -0.3 is 10.6 Å². The number of hydrogen-bond donors (Lipinski definition) is 1. The van der Waals surface area contributed by atoms with E-state index in [2.05, 4.69) is 20.8 Å². The standard InChI is InChI=1S/C12H19BrN2O/c13-7-3-1-2-4-8-15-9-5-6-11(10-15)12(14)16/h5-6,9H,1-4,7-8,10H2,(H2,14,16). The molecule has 0 radical (unpaired) electrons. The first-order valence-electron chi connectivity index (χ1n) is 5.71. The van der Waals surface area contributed by atoms with Crippen LogP contribution in [0.3, 0.4) is 0 Å². The first-order valence-corrected chi connectivity index (χ1v) is 6.83. The number of unbranched alkanes of at least 4 members (excludes halogenated alkanes) is 3. The number of alkyl halides is 1. The summed E-state index contributed by atoms with van der Waals surface area (Å²) in [7, 11) is 0. The van der Waals surface area contributed by atoms with Crippen LogP contribution in [0.1, 0.15) is 25.7 Å². The van der Waals surface area contributed by atoms with Crippen molar-refractivity contribution in [2.75, 3.05) is 18.4 Å². The molecule has 0 atom stereocenters. The number of carbonyl (C=O) groups is 1. The van der Waals surface area contributed by atoms with E-state index in [1.54, 1.807) is 6.08 Å². The molecule has 0 unspecified atom stereocenters. The van der Waals surface area contributed by atoms with Crippen molar-refractivity contribution >= 4 is 21.8 Å². The van der Waals surface area contributed by atoms with E-state index < -0.39 is 0 Å². The second-order valence-electron chi connectivity index (χ2n) is 3.97. The highest BCUT2D eigenvalue weighted by Gasteiger charge is 2.10. The molecule has 90 valence electrons. The van der Waals surface area contributed by atoms with E-state index in [0.717, 1.165) is 11.9 Å². The Morgan fingerprint density at radius 2 is 2.12 bits per heavy atom. The molecular formula is C12H19BrN2O. The Hall–Kier alpha value is -0.770. The van der Waals surface area contributed by atoms with Crippen LogP contribution in [0.5, 0.6) is 0 Å². The number of halogens is 1. The van der Waals surface area contributed by atoms with Gasteiger partial charge in [0.15, 0.2) is 0 Å². The number of primary amides is 1. The Labute approximate surface area is 105 Å². The van der Waals surface area contributed by atoms with Gasteiger partial charge in [-0.25, -0.2) is 0 Å². The fourth-order valence-corrected chi connectivity index (χ4v) is 2.08. The smallest absolute Gasteiger partial charge is 0.246 e. The fraction of sp³-hybridized carbons (Fsp3) is 0.583. The normalized spacial score (nSPS) is 15.1. The first kappa shape index (κ1) is 13.3. The summed E-state index contributed by atoms with van der Waals surface area (Å²) in [4.78, 5) is 13.2. The number of nitrogens with two attached hydrogens (primary N) is 1. The fourth-order valence-electron chi connectivity index (χ4n) is 1.68. The van der Waals surface area contributed by atoms with E-state index in [1.807, 2.05) is 12.3 Å². The molecule has 1 aliphatic heterocycles. The largest absolute Gasteiger partial charge is 0.373 e.